The van der Waals surface area contributed by atoms with Gasteiger partial charge in [-0.25, -0.2) is 10.4 Å². The van der Waals surface area contributed by atoms with Crippen molar-refractivity contribution in [1.82, 2.24) is 15.0 Å². The number of rotatable bonds is 9. The van der Waals surface area contributed by atoms with E-state index in [1.54, 1.807) is 26.4 Å². The zero-order valence-corrected chi connectivity index (χ0v) is 21.6. The highest BCUT2D eigenvalue weighted by atomic mass is 79.9. The van der Waals surface area contributed by atoms with Gasteiger partial charge in [-0.15, -0.1) is 0 Å². The molecular formula is C26H25BrN4O5. The number of carbonyl (C=O) groups excluding carboxylic acids is 1. The summed E-state index contributed by atoms with van der Waals surface area (Å²) in [6, 6.07) is 16.6. The summed E-state index contributed by atoms with van der Waals surface area (Å²) in [4.78, 5) is 17.5. The number of carbonyl (C=O) groups is 1. The zero-order chi connectivity index (χ0) is 25.7. The lowest BCUT2D eigenvalue weighted by atomic mass is 10.1. The van der Waals surface area contributed by atoms with Gasteiger partial charge in [0.05, 0.1) is 43.1 Å². The van der Waals surface area contributed by atoms with Crippen LogP contribution in [0.15, 0.2) is 64.2 Å². The quantitative estimate of drug-likeness (QED) is 0.237. The second kappa shape index (κ2) is 11.1. The van der Waals surface area contributed by atoms with Crippen LogP contribution < -0.4 is 19.6 Å². The van der Waals surface area contributed by atoms with Crippen molar-refractivity contribution in [3.63, 3.8) is 0 Å². The molecular weight excluding hydrogens is 528 g/mol. The van der Waals surface area contributed by atoms with Crippen molar-refractivity contribution >= 4 is 39.1 Å². The Balaban J connectivity index is 1.56. The Hall–Kier alpha value is -4.05. The van der Waals surface area contributed by atoms with Crippen LogP contribution in [0, 0.1) is 0 Å². The number of imidazole rings is 1. The van der Waals surface area contributed by atoms with Crippen LogP contribution in [0.5, 0.6) is 23.0 Å². The third-order valence-electron chi connectivity index (χ3n) is 5.54. The van der Waals surface area contributed by atoms with Gasteiger partial charge >= 0.3 is 0 Å². The van der Waals surface area contributed by atoms with Gasteiger partial charge in [-0.05, 0) is 57.9 Å². The molecule has 0 saturated heterocycles. The Morgan fingerprint density at radius 2 is 1.86 bits per heavy atom. The molecule has 0 unspecified atom stereocenters. The lowest BCUT2D eigenvalue weighted by Gasteiger charge is -2.11. The number of hydrogen-bond acceptors (Lipinski definition) is 7. The lowest BCUT2D eigenvalue weighted by molar-refractivity contribution is -0.121. The molecule has 36 heavy (non-hydrogen) atoms. The number of nitrogens with zero attached hydrogens (tertiary/aromatic N) is 3. The molecule has 1 heterocycles. The van der Waals surface area contributed by atoms with E-state index in [4.69, 9.17) is 19.2 Å². The first-order valence-electron chi connectivity index (χ1n) is 11.0. The summed E-state index contributed by atoms with van der Waals surface area (Å²) in [7, 11) is 4.70. The van der Waals surface area contributed by atoms with Crippen LogP contribution in [0.3, 0.4) is 0 Å². The van der Waals surface area contributed by atoms with Crippen LogP contribution in [0.4, 0.5) is 0 Å². The highest BCUT2D eigenvalue weighted by molar-refractivity contribution is 9.10. The van der Waals surface area contributed by atoms with E-state index in [9.17, 15) is 9.90 Å². The maximum atomic E-state index is 12.8. The predicted molar refractivity (Wildman–Crippen MR) is 140 cm³/mol. The average molecular weight is 553 g/mol. The number of hydrogen-bond donors (Lipinski definition) is 2. The van der Waals surface area contributed by atoms with Crippen LogP contribution in [0.2, 0.25) is 0 Å². The van der Waals surface area contributed by atoms with Gasteiger partial charge in [0.25, 0.3) is 5.91 Å². The summed E-state index contributed by atoms with van der Waals surface area (Å²) in [6.45, 7) is 0.00820. The fourth-order valence-corrected chi connectivity index (χ4v) is 4.23. The molecule has 186 valence electrons. The van der Waals surface area contributed by atoms with Gasteiger partial charge < -0.3 is 23.9 Å². The molecule has 1 aromatic heterocycles. The summed E-state index contributed by atoms with van der Waals surface area (Å²) in [5, 5.41) is 14.2. The zero-order valence-electron chi connectivity index (χ0n) is 20.0. The molecule has 0 spiro atoms. The van der Waals surface area contributed by atoms with Crippen molar-refractivity contribution in [2.75, 3.05) is 21.3 Å². The molecule has 4 aromatic rings. The van der Waals surface area contributed by atoms with Gasteiger partial charge in [-0.3, -0.25) is 4.79 Å². The van der Waals surface area contributed by atoms with Crippen molar-refractivity contribution in [3.8, 4) is 23.0 Å². The second-order valence-electron chi connectivity index (χ2n) is 7.81. The Labute approximate surface area is 216 Å². The molecule has 10 heteroatoms. The van der Waals surface area contributed by atoms with Gasteiger partial charge in [-0.2, -0.15) is 5.10 Å². The number of aromatic hydroxyl groups is 1. The third-order valence-corrected chi connectivity index (χ3v) is 6.14. The van der Waals surface area contributed by atoms with Crippen LogP contribution in [0.25, 0.3) is 11.0 Å². The molecule has 0 bridgehead atoms. The van der Waals surface area contributed by atoms with E-state index < -0.39 is 0 Å². The normalized spacial score (nSPS) is 11.1. The van der Waals surface area contributed by atoms with Gasteiger partial charge in [0.2, 0.25) is 0 Å². The summed E-state index contributed by atoms with van der Waals surface area (Å²) in [5.41, 5.74) is 5.50. The first kappa shape index (κ1) is 25.1. The minimum Gasteiger partial charge on any atom is -0.506 e. The summed E-state index contributed by atoms with van der Waals surface area (Å²) in [6.07, 6.45) is 1.84. The monoisotopic (exact) mass is 552 g/mol. The topological polar surface area (TPSA) is 107 Å². The molecule has 9 nitrogen and oxygen atoms in total. The van der Waals surface area contributed by atoms with Crippen LogP contribution in [-0.4, -0.2) is 48.1 Å². The van der Waals surface area contributed by atoms with Crippen molar-refractivity contribution in [1.29, 1.82) is 0 Å². The molecule has 1 amide bonds. The minimum atomic E-state index is -0.343. The largest absolute Gasteiger partial charge is 0.506 e. The highest BCUT2D eigenvalue weighted by Gasteiger charge is 2.15. The molecule has 0 aliphatic rings. The summed E-state index contributed by atoms with van der Waals surface area (Å²) < 4.78 is 18.3. The molecule has 0 radical (unpaired) electrons. The van der Waals surface area contributed by atoms with Crippen molar-refractivity contribution in [3.05, 3.63) is 76.0 Å². The standard InChI is InChI=1S/C26H25BrN4O5/c1-34-18-12-17(26(33)19(27)13-18)14-28-30-25(32)15-31-21-7-5-4-6-20(21)29-24(31)11-16-8-9-22(35-2)23(10-16)36-3/h4-10,12-14,33H,11,15H2,1-3H3,(H,30,32). The van der Waals surface area contributed by atoms with E-state index in [1.807, 2.05) is 47.0 Å². The van der Waals surface area contributed by atoms with E-state index in [0.29, 0.717) is 33.7 Å². The lowest BCUT2D eigenvalue weighted by Crippen LogP contribution is -2.24. The number of amides is 1. The number of phenols is 1. The Bertz CT molecular complexity index is 1430. The average Bonchev–Trinajstić information content (AvgIpc) is 3.22. The SMILES string of the molecule is COc1cc(Br)c(O)c(C=NNC(=O)Cn2c(Cc3ccc(OC)c(OC)c3)nc3ccccc32)c1. The van der Waals surface area contributed by atoms with Crippen LogP contribution in [0.1, 0.15) is 17.0 Å². The van der Waals surface area contributed by atoms with E-state index >= 15 is 0 Å². The Morgan fingerprint density at radius 1 is 1.08 bits per heavy atom. The van der Waals surface area contributed by atoms with Gasteiger partial charge in [0.15, 0.2) is 11.5 Å². The van der Waals surface area contributed by atoms with Crippen molar-refractivity contribution in [2.45, 2.75) is 13.0 Å². The summed E-state index contributed by atoms with van der Waals surface area (Å²) in [5.74, 6) is 2.17. The number of para-hydroxylation sites is 2. The number of phenolic OH excluding ortho intramolecular Hbond substituents is 1. The number of benzene rings is 3. The van der Waals surface area contributed by atoms with E-state index in [1.165, 1.54) is 13.3 Å². The summed E-state index contributed by atoms with van der Waals surface area (Å²) >= 11 is 3.27. The number of aromatic nitrogens is 2. The number of methoxy groups -OCH3 is 3. The second-order valence-corrected chi connectivity index (χ2v) is 8.66. The van der Waals surface area contributed by atoms with Gasteiger partial charge in [0.1, 0.15) is 23.9 Å². The maximum absolute atomic E-state index is 12.8. The third kappa shape index (κ3) is 5.44. The predicted octanol–water partition coefficient (Wildman–Crippen LogP) is 4.27. The maximum Gasteiger partial charge on any atom is 0.260 e. The van der Waals surface area contributed by atoms with Gasteiger partial charge in [-0.1, -0.05) is 18.2 Å². The van der Waals surface area contributed by atoms with E-state index in [2.05, 4.69) is 26.5 Å². The molecule has 0 saturated carbocycles. The first-order chi connectivity index (χ1) is 17.4. The van der Waals surface area contributed by atoms with Crippen molar-refractivity contribution in [2.24, 2.45) is 5.10 Å². The number of ether oxygens (including phenoxy) is 3. The number of halogens is 1. The molecule has 0 fully saturated rings. The number of fused-ring (bicyclic) bond motifs is 1. The van der Waals surface area contributed by atoms with Crippen LogP contribution in [-0.2, 0) is 17.8 Å². The Morgan fingerprint density at radius 3 is 2.61 bits per heavy atom. The van der Waals surface area contributed by atoms with E-state index in [-0.39, 0.29) is 18.2 Å². The molecule has 0 atom stereocenters. The smallest absolute Gasteiger partial charge is 0.260 e. The first-order valence-corrected chi connectivity index (χ1v) is 11.8. The fraction of sp³-hybridized carbons (Fsp3) is 0.192. The molecule has 0 aliphatic heterocycles. The van der Waals surface area contributed by atoms with Gasteiger partial charge in [0, 0.05) is 12.0 Å². The highest BCUT2D eigenvalue weighted by Crippen LogP contribution is 2.32. The minimum absolute atomic E-state index is 0.00777. The number of hydrazone groups is 1. The van der Waals surface area contributed by atoms with Crippen LogP contribution >= 0.6 is 15.9 Å². The van der Waals surface area contributed by atoms with E-state index in [0.717, 1.165) is 22.4 Å². The molecule has 3 aromatic carbocycles. The fourth-order valence-electron chi connectivity index (χ4n) is 3.77. The molecule has 0 aliphatic carbocycles. The molecule has 4 rings (SSSR count). The van der Waals surface area contributed by atoms with Crippen molar-refractivity contribution < 1.29 is 24.1 Å². The number of nitrogens with one attached hydrogen (secondary N) is 1. The Kier molecular flexibility index (Phi) is 7.74. The molecule has 2 N–H and O–H groups in total.